The zero-order valence-corrected chi connectivity index (χ0v) is 11.5. The number of hydrogen-bond donors (Lipinski definition) is 0. The molecule has 112 valence electrons. The van der Waals surface area contributed by atoms with Crippen molar-refractivity contribution in [2.24, 2.45) is 0 Å². The van der Waals surface area contributed by atoms with Crippen LogP contribution in [0.25, 0.3) is 0 Å². The first-order valence-electron chi connectivity index (χ1n) is 6.75. The third-order valence-electron chi connectivity index (χ3n) is 2.93. The summed E-state index contributed by atoms with van der Waals surface area (Å²) in [5.74, 6) is -0.193. The molecule has 0 atom stereocenters. The predicted octanol–water partition coefficient (Wildman–Crippen LogP) is 4.37. The molecule has 1 aromatic carbocycles. The number of rotatable bonds is 7. The van der Waals surface area contributed by atoms with Crippen molar-refractivity contribution in [1.82, 2.24) is 0 Å². The van der Waals surface area contributed by atoms with Crippen molar-refractivity contribution >= 4 is 5.97 Å². The van der Waals surface area contributed by atoms with Crippen molar-refractivity contribution in [2.75, 3.05) is 6.61 Å². The number of unbranched alkanes of at least 4 members (excludes halogenated alkanes) is 2. The summed E-state index contributed by atoms with van der Waals surface area (Å²) in [6.45, 7) is 2.16. The van der Waals surface area contributed by atoms with Gasteiger partial charge in [-0.1, -0.05) is 18.6 Å². The van der Waals surface area contributed by atoms with E-state index in [1.165, 1.54) is 12.1 Å². The zero-order valence-electron chi connectivity index (χ0n) is 11.5. The number of alkyl halides is 3. The zero-order chi connectivity index (χ0) is 15.0. The van der Waals surface area contributed by atoms with Gasteiger partial charge >= 0.3 is 12.1 Å². The van der Waals surface area contributed by atoms with Gasteiger partial charge in [-0.3, -0.25) is 4.79 Å². The van der Waals surface area contributed by atoms with Crippen LogP contribution < -0.4 is 0 Å². The van der Waals surface area contributed by atoms with Crippen molar-refractivity contribution in [3.8, 4) is 0 Å². The molecule has 0 aliphatic heterocycles. The van der Waals surface area contributed by atoms with Gasteiger partial charge < -0.3 is 4.74 Å². The van der Waals surface area contributed by atoms with Crippen molar-refractivity contribution in [2.45, 2.75) is 45.2 Å². The molecule has 0 amide bonds. The van der Waals surface area contributed by atoms with E-state index in [2.05, 4.69) is 0 Å². The van der Waals surface area contributed by atoms with Gasteiger partial charge in [0.05, 0.1) is 12.2 Å². The molecule has 0 bridgehead atoms. The third kappa shape index (κ3) is 6.08. The summed E-state index contributed by atoms with van der Waals surface area (Å²) in [6, 6.07) is 5.23. The van der Waals surface area contributed by atoms with Gasteiger partial charge in [-0.2, -0.15) is 13.2 Å². The van der Waals surface area contributed by atoms with Crippen LogP contribution in [0.5, 0.6) is 0 Å². The van der Waals surface area contributed by atoms with Crippen LogP contribution in [-0.2, 0) is 22.1 Å². The molecule has 0 spiro atoms. The van der Waals surface area contributed by atoms with Gasteiger partial charge in [0, 0.05) is 6.42 Å². The summed E-state index contributed by atoms with van der Waals surface area (Å²) in [6.07, 6.45) is -0.690. The summed E-state index contributed by atoms with van der Waals surface area (Å²) in [5, 5.41) is 0. The summed E-state index contributed by atoms with van der Waals surface area (Å²) in [7, 11) is 0. The molecule has 20 heavy (non-hydrogen) atoms. The summed E-state index contributed by atoms with van der Waals surface area (Å²) >= 11 is 0. The maximum atomic E-state index is 12.4. The van der Waals surface area contributed by atoms with E-state index in [4.69, 9.17) is 4.74 Å². The fraction of sp³-hybridized carbons (Fsp3) is 0.533. The molecule has 0 unspecified atom stereocenters. The van der Waals surface area contributed by atoms with Gasteiger partial charge in [0.1, 0.15) is 0 Å². The molecule has 0 heterocycles. The topological polar surface area (TPSA) is 26.3 Å². The van der Waals surface area contributed by atoms with E-state index in [0.29, 0.717) is 13.0 Å². The standard InChI is InChI=1S/C15H19F3O2/c1-2-20-14(19)7-5-3-4-6-12-8-10-13(11-9-12)15(16,17)18/h8-11H,2-7H2,1H3. The number of aryl methyl sites for hydroxylation is 1. The Balaban J connectivity index is 2.24. The van der Waals surface area contributed by atoms with Crippen molar-refractivity contribution in [3.63, 3.8) is 0 Å². The smallest absolute Gasteiger partial charge is 0.416 e. The fourth-order valence-corrected chi connectivity index (χ4v) is 1.87. The van der Waals surface area contributed by atoms with E-state index < -0.39 is 11.7 Å². The lowest BCUT2D eigenvalue weighted by molar-refractivity contribution is -0.143. The lowest BCUT2D eigenvalue weighted by atomic mass is 10.0. The average Bonchev–Trinajstić information content (AvgIpc) is 2.38. The fourth-order valence-electron chi connectivity index (χ4n) is 1.87. The number of esters is 1. The minimum atomic E-state index is -4.28. The maximum Gasteiger partial charge on any atom is 0.416 e. The Bertz CT molecular complexity index is 410. The van der Waals surface area contributed by atoms with Crippen LogP contribution in [0.1, 0.15) is 43.7 Å². The van der Waals surface area contributed by atoms with Crippen molar-refractivity contribution < 1.29 is 22.7 Å². The van der Waals surface area contributed by atoms with Gasteiger partial charge in [0.25, 0.3) is 0 Å². The molecule has 2 nitrogen and oxygen atoms in total. The number of ether oxygens (including phenoxy) is 1. The van der Waals surface area contributed by atoms with Crippen LogP contribution in [0.15, 0.2) is 24.3 Å². The van der Waals surface area contributed by atoms with E-state index in [0.717, 1.165) is 43.4 Å². The molecule has 0 saturated heterocycles. The molecule has 0 aliphatic carbocycles. The van der Waals surface area contributed by atoms with Gasteiger partial charge in [-0.05, 0) is 43.9 Å². The quantitative estimate of drug-likeness (QED) is 0.550. The van der Waals surface area contributed by atoms with E-state index in [-0.39, 0.29) is 5.97 Å². The molecule has 5 heteroatoms. The molecule has 0 aromatic heterocycles. The monoisotopic (exact) mass is 288 g/mol. The van der Waals surface area contributed by atoms with Gasteiger partial charge in [0.15, 0.2) is 0 Å². The molecular formula is C15H19F3O2. The summed E-state index contributed by atoms with van der Waals surface area (Å²) in [5.41, 5.74) is 0.262. The van der Waals surface area contributed by atoms with Crippen molar-refractivity contribution in [1.29, 1.82) is 0 Å². The predicted molar refractivity (Wildman–Crippen MR) is 70.2 cm³/mol. The lowest BCUT2D eigenvalue weighted by Gasteiger charge is -2.07. The van der Waals surface area contributed by atoms with Crippen LogP contribution in [0, 0.1) is 0 Å². The second-order valence-corrected chi connectivity index (χ2v) is 4.56. The van der Waals surface area contributed by atoms with Gasteiger partial charge in [-0.25, -0.2) is 0 Å². The Morgan fingerprint density at radius 3 is 2.30 bits per heavy atom. The normalized spacial score (nSPS) is 11.4. The number of benzene rings is 1. The van der Waals surface area contributed by atoms with Crippen molar-refractivity contribution in [3.05, 3.63) is 35.4 Å². The molecule has 0 fully saturated rings. The van der Waals surface area contributed by atoms with Crippen LogP contribution in [0.3, 0.4) is 0 Å². The maximum absolute atomic E-state index is 12.4. The molecule has 1 aromatic rings. The lowest BCUT2D eigenvalue weighted by Crippen LogP contribution is -2.04. The molecular weight excluding hydrogens is 269 g/mol. The Kier molecular flexibility index (Phi) is 6.55. The number of hydrogen-bond acceptors (Lipinski definition) is 2. The van der Waals surface area contributed by atoms with E-state index in [1.54, 1.807) is 6.92 Å². The van der Waals surface area contributed by atoms with Gasteiger partial charge in [0.2, 0.25) is 0 Å². The molecule has 0 radical (unpaired) electrons. The second kappa shape index (κ2) is 7.92. The third-order valence-corrected chi connectivity index (χ3v) is 2.93. The number of carbonyl (C=O) groups excluding carboxylic acids is 1. The average molecular weight is 288 g/mol. The highest BCUT2D eigenvalue weighted by Crippen LogP contribution is 2.29. The van der Waals surface area contributed by atoms with E-state index in [1.807, 2.05) is 0 Å². The van der Waals surface area contributed by atoms with Crippen LogP contribution in [-0.4, -0.2) is 12.6 Å². The Morgan fingerprint density at radius 2 is 1.75 bits per heavy atom. The minimum Gasteiger partial charge on any atom is -0.466 e. The highest BCUT2D eigenvalue weighted by molar-refractivity contribution is 5.69. The first-order valence-corrected chi connectivity index (χ1v) is 6.75. The molecule has 0 aliphatic rings. The first kappa shape index (κ1) is 16.5. The highest BCUT2D eigenvalue weighted by atomic mass is 19.4. The van der Waals surface area contributed by atoms with Gasteiger partial charge in [-0.15, -0.1) is 0 Å². The summed E-state index contributed by atoms with van der Waals surface area (Å²) < 4.78 is 41.9. The number of carbonyl (C=O) groups is 1. The minimum absolute atomic E-state index is 0.193. The van der Waals surface area contributed by atoms with E-state index in [9.17, 15) is 18.0 Å². The highest BCUT2D eigenvalue weighted by Gasteiger charge is 2.29. The first-order chi connectivity index (χ1) is 9.43. The van der Waals surface area contributed by atoms with Crippen LogP contribution in [0.4, 0.5) is 13.2 Å². The Hall–Kier alpha value is -1.52. The second-order valence-electron chi connectivity index (χ2n) is 4.56. The largest absolute Gasteiger partial charge is 0.466 e. The van der Waals surface area contributed by atoms with E-state index >= 15 is 0 Å². The van der Waals surface area contributed by atoms with Crippen LogP contribution in [0.2, 0.25) is 0 Å². The Morgan fingerprint density at radius 1 is 1.10 bits per heavy atom. The SMILES string of the molecule is CCOC(=O)CCCCCc1ccc(C(F)(F)F)cc1. The molecule has 0 saturated carbocycles. The molecule has 1 rings (SSSR count). The van der Waals surface area contributed by atoms with Crippen LogP contribution >= 0.6 is 0 Å². The summed E-state index contributed by atoms with van der Waals surface area (Å²) in [4.78, 5) is 11.1. The molecule has 0 N–H and O–H groups in total. The number of halogens is 3. The Labute approximate surface area is 116 Å².